The largest absolute Gasteiger partial charge is 0.360 e. The van der Waals surface area contributed by atoms with Crippen LogP contribution in [0.3, 0.4) is 0 Å². The van der Waals surface area contributed by atoms with Crippen LogP contribution in [0.1, 0.15) is 28.1 Å². The summed E-state index contributed by atoms with van der Waals surface area (Å²) in [5, 5.41) is 3.67. The minimum Gasteiger partial charge on any atom is -0.360 e. The zero-order valence-electron chi connectivity index (χ0n) is 12.0. The summed E-state index contributed by atoms with van der Waals surface area (Å²) in [5.74, 6) is 0.302. The average Bonchev–Trinajstić information content (AvgIpc) is 2.68. The van der Waals surface area contributed by atoms with E-state index >= 15 is 0 Å². The van der Waals surface area contributed by atoms with Gasteiger partial charge in [-0.25, -0.2) is 13.1 Å². The quantitative estimate of drug-likeness (QED) is 0.939. The fraction of sp³-hybridized carbons (Fsp3) is 0.357. The van der Waals surface area contributed by atoms with E-state index in [-0.39, 0.29) is 11.4 Å². The molecule has 0 fully saturated rings. The molecule has 0 radical (unpaired) electrons. The summed E-state index contributed by atoms with van der Waals surface area (Å²) in [6, 6.07) is 5.92. The number of nitrogens with zero attached hydrogens (tertiary/aromatic N) is 1. The van der Waals surface area contributed by atoms with E-state index in [0.29, 0.717) is 11.5 Å². The van der Waals surface area contributed by atoms with Crippen LogP contribution in [0.4, 0.5) is 0 Å². The highest BCUT2D eigenvalue weighted by Crippen LogP contribution is 2.19. The fourth-order valence-electron chi connectivity index (χ4n) is 2.15. The van der Waals surface area contributed by atoms with E-state index in [4.69, 9.17) is 4.52 Å². The zero-order chi connectivity index (χ0) is 14.9. The molecule has 0 spiro atoms. The van der Waals surface area contributed by atoms with Crippen LogP contribution in [-0.2, 0) is 16.6 Å². The number of benzene rings is 1. The lowest BCUT2D eigenvalue weighted by atomic mass is 10.1. The molecule has 6 heteroatoms. The molecule has 5 nitrogen and oxygen atoms in total. The van der Waals surface area contributed by atoms with Crippen molar-refractivity contribution < 1.29 is 12.9 Å². The monoisotopic (exact) mass is 294 g/mol. The highest BCUT2D eigenvalue weighted by molar-refractivity contribution is 7.89. The van der Waals surface area contributed by atoms with Crippen molar-refractivity contribution in [2.45, 2.75) is 39.1 Å². The molecule has 0 unspecified atom stereocenters. The van der Waals surface area contributed by atoms with Crippen molar-refractivity contribution >= 4 is 10.0 Å². The van der Waals surface area contributed by atoms with Gasteiger partial charge in [0.25, 0.3) is 0 Å². The van der Waals surface area contributed by atoms with Crippen molar-refractivity contribution in [3.05, 3.63) is 46.3 Å². The summed E-state index contributed by atoms with van der Waals surface area (Å²) in [4.78, 5) is 0.127. The third-order valence-electron chi connectivity index (χ3n) is 3.19. The van der Waals surface area contributed by atoms with Gasteiger partial charge in [-0.3, -0.25) is 0 Å². The number of nitrogens with one attached hydrogen (secondary N) is 1. The molecule has 0 aliphatic heterocycles. The lowest BCUT2D eigenvalue weighted by Crippen LogP contribution is -2.24. The average molecular weight is 294 g/mol. The van der Waals surface area contributed by atoms with Crippen molar-refractivity contribution in [1.82, 2.24) is 9.88 Å². The van der Waals surface area contributed by atoms with E-state index in [9.17, 15) is 8.42 Å². The fourth-order valence-corrected chi connectivity index (χ4v) is 3.48. The molecule has 2 aromatic rings. The number of hydrogen-bond donors (Lipinski definition) is 1. The number of aryl methyl sites for hydroxylation is 4. The highest BCUT2D eigenvalue weighted by atomic mass is 32.2. The Kier molecular flexibility index (Phi) is 3.96. The summed E-state index contributed by atoms with van der Waals surface area (Å²) in [5.41, 5.74) is 3.54. The maximum absolute atomic E-state index is 12.3. The van der Waals surface area contributed by atoms with Crippen molar-refractivity contribution in [2.75, 3.05) is 0 Å². The molecule has 0 aliphatic carbocycles. The van der Waals surface area contributed by atoms with Gasteiger partial charge in [0, 0.05) is 6.54 Å². The van der Waals surface area contributed by atoms with Gasteiger partial charge in [0.15, 0.2) is 5.76 Å². The van der Waals surface area contributed by atoms with Crippen LogP contribution in [0.2, 0.25) is 0 Å². The molecule has 0 saturated carbocycles. The minimum absolute atomic E-state index is 0.127. The van der Waals surface area contributed by atoms with Crippen LogP contribution in [0, 0.1) is 27.7 Å². The molecular formula is C14H18N2O3S. The van der Waals surface area contributed by atoms with Gasteiger partial charge in [-0.15, -0.1) is 0 Å². The first-order chi connectivity index (χ1) is 9.31. The molecule has 2 rings (SSSR count). The first kappa shape index (κ1) is 14.7. The Morgan fingerprint density at radius 3 is 2.45 bits per heavy atom. The molecule has 1 aromatic heterocycles. The van der Waals surface area contributed by atoms with Gasteiger partial charge in [-0.1, -0.05) is 28.9 Å². The second-order valence-electron chi connectivity index (χ2n) is 4.91. The van der Waals surface area contributed by atoms with Gasteiger partial charge in [-0.05, 0) is 38.8 Å². The molecule has 0 amide bonds. The predicted octanol–water partition coefficient (Wildman–Crippen LogP) is 2.39. The zero-order valence-corrected chi connectivity index (χ0v) is 12.8. The summed E-state index contributed by atoms with van der Waals surface area (Å²) >= 11 is 0. The molecule has 0 atom stereocenters. The molecule has 1 aromatic carbocycles. The molecule has 20 heavy (non-hydrogen) atoms. The first-order valence-corrected chi connectivity index (χ1v) is 7.78. The van der Waals surface area contributed by atoms with Crippen molar-refractivity contribution in [2.24, 2.45) is 0 Å². The standard InChI is InChI=1S/C14H18N2O3S/c1-9-5-6-13(10(2)7-9)8-15-20(17,18)14-11(3)16-19-12(14)4/h5-7,15H,8H2,1-4H3. The number of sulfonamides is 1. The van der Waals surface area contributed by atoms with E-state index in [0.717, 1.165) is 16.7 Å². The molecular weight excluding hydrogens is 276 g/mol. The van der Waals surface area contributed by atoms with Gasteiger partial charge in [0.1, 0.15) is 10.6 Å². The van der Waals surface area contributed by atoms with Gasteiger partial charge in [0.05, 0.1) is 0 Å². The van der Waals surface area contributed by atoms with Crippen LogP contribution in [0.15, 0.2) is 27.6 Å². The Morgan fingerprint density at radius 1 is 1.20 bits per heavy atom. The Morgan fingerprint density at radius 2 is 1.90 bits per heavy atom. The summed E-state index contributed by atoms with van der Waals surface area (Å²) in [6.07, 6.45) is 0. The Labute approximate surface area is 119 Å². The third kappa shape index (κ3) is 2.91. The van der Waals surface area contributed by atoms with Gasteiger partial charge in [-0.2, -0.15) is 0 Å². The van der Waals surface area contributed by atoms with E-state index in [1.54, 1.807) is 13.8 Å². The topological polar surface area (TPSA) is 72.2 Å². The lowest BCUT2D eigenvalue weighted by molar-refractivity contribution is 0.390. The Balaban J connectivity index is 2.22. The third-order valence-corrected chi connectivity index (χ3v) is 4.83. The summed E-state index contributed by atoms with van der Waals surface area (Å²) in [7, 11) is -3.61. The molecule has 1 heterocycles. The molecule has 1 N–H and O–H groups in total. The van der Waals surface area contributed by atoms with Crippen LogP contribution in [0.5, 0.6) is 0 Å². The van der Waals surface area contributed by atoms with Gasteiger partial charge >= 0.3 is 0 Å². The number of rotatable bonds is 4. The van der Waals surface area contributed by atoms with Crippen LogP contribution in [-0.4, -0.2) is 13.6 Å². The highest BCUT2D eigenvalue weighted by Gasteiger charge is 2.23. The van der Waals surface area contributed by atoms with Crippen molar-refractivity contribution in [3.63, 3.8) is 0 Å². The second-order valence-corrected chi connectivity index (χ2v) is 6.61. The molecule has 0 bridgehead atoms. The Bertz CT molecular complexity index is 713. The Hall–Kier alpha value is -1.66. The van der Waals surface area contributed by atoms with E-state index in [1.807, 2.05) is 32.0 Å². The van der Waals surface area contributed by atoms with E-state index in [2.05, 4.69) is 9.88 Å². The lowest BCUT2D eigenvalue weighted by Gasteiger charge is -2.09. The summed E-state index contributed by atoms with van der Waals surface area (Å²) < 4.78 is 32.0. The first-order valence-electron chi connectivity index (χ1n) is 6.30. The van der Waals surface area contributed by atoms with Gasteiger partial charge < -0.3 is 4.52 Å². The maximum Gasteiger partial charge on any atom is 0.246 e. The normalized spacial score (nSPS) is 11.8. The molecule has 0 saturated heterocycles. The predicted molar refractivity (Wildman–Crippen MR) is 75.9 cm³/mol. The number of hydrogen-bond acceptors (Lipinski definition) is 4. The van der Waals surface area contributed by atoms with Crippen LogP contribution < -0.4 is 4.72 Å². The van der Waals surface area contributed by atoms with E-state index < -0.39 is 10.0 Å². The number of aromatic nitrogens is 1. The van der Waals surface area contributed by atoms with Crippen LogP contribution >= 0.6 is 0 Å². The molecule has 0 aliphatic rings. The SMILES string of the molecule is Cc1ccc(CNS(=O)(=O)c2c(C)noc2C)c(C)c1. The molecule has 108 valence electrons. The second kappa shape index (κ2) is 5.38. The summed E-state index contributed by atoms with van der Waals surface area (Å²) in [6.45, 7) is 7.42. The minimum atomic E-state index is -3.61. The van der Waals surface area contributed by atoms with Crippen LogP contribution in [0.25, 0.3) is 0 Å². The maximum atomic E-state index is 12.3. The van der Waals surface area contributed by atoms with Crippen molar-refractivity contribution in [1.29, 1.82) is 0 Å². The smallest absolute Gasteiger partial charge is 0.246 e. The van der Waals surface area contributed by atoms with Crippen molar-refractivity contribution in [3.8, 4) is 0 Å². The van der Waals surface area contributed by atoms with E-state index in [1.165, 1.54) is 0 Å². The van der Waals surface area contributed by atoms with Gasteiger partial charge in [0.2, 0.25) is 10.0 Å².